The standard InChI is InChI=1S/C10H18N2O2/c1-2-7-5-8(7)12-10(13)9-6-14-4-3-11-9/h7-9,11H,2-6H2,1H3,(H,12,13)/t7?,8?,9-/m1/s1. The number of rotatable bonds is 3. The average Bonchev–Trinajstić information content (AvgIpc) is 2.98. The minimum Gasteiger partial charge on any atom is -0.378 e. The van der Waals surface area contributed by atoms with Crippen LogP contribution in [0.4, 0.5) is 0 Å². The van der Waals surface area contributed by atoms with Crippen molar-refractivity contribution in [1.82, 2.24) is 10.6 Å². The van der Waals surface area contributed by atoms with Gasteiger partial charge in [-0.15, -0.1) is 0 Å². The molecule has 0 aromatic heterocycles. The Balaban J connectivity index is 1.72. The molecule has 3 atom stereocenters. The van der Waals surface area contributed by atoms with Gasteiger partial charge >= 0.3 is 0 Å². The Morgan fingerprint density at radius 2 is 2.50 bits per heavy atom. The fraction of sp³-hybridized carbons (Fsp3) is 0.900. The van der Waals surface area contributed by atoms with Crippen LogP contribution < -0.4 is 10.6 Å². The van der Waals surface area contributed by atoms with Gasteiger partial charge < -0.3 is 15.4 Å². The van der Waals surface area contributed by atoms with Gasteiger partial charge in [0.1, 0.15) is 6.04 Å². The second-order valence-corrected chi connectivity index (χ2v) is 4.10. The molecule has 1 saturated carbocycles. The lowest BCUT2D eigenvalue weighted by molar-refractivity contribution is -0.126. The van der Waals surface area contributed by atoms with E-state index < -0.39 is 0 Å². The van der Waals surface area contributed by atoms with Crippen molar-refractivity contribution in [3.05, 3.63) is 0 Å². The lowest BCUT2D eigenvalue weighted by atomic mass is 10.2. The Bertz CT molecular complexity index is 214. The largest absolute Gasteiger partial charge is 0.378 e. The first-order valence-corrected chi connectivity index (χ1v) is 5.42. The highest BCUT2D eigenvalue weighted by molar-refractivity contribution is 5.82. The lowest BCUT2D eigenvalue weighted by Crippen LogP contribution is -2.51. The minimum absolute atomic E-state index is 0.102. The predicted octanol–water partition coefficient (Wildman–Crippen LogP) is -0.110. The van der Waals surface area contributed by atoms with Crippen LogP contribution in [0.2, 0.25) is 0 Å². The van der Waals surface area contributed by atoms with Crippen LogP contribution in [0.25, 0.3) is 0 Å². The quantitative estimate of drug-likeness (QED) is 0.665. The molecule has 0 spiro atoms. The van der Waals surface area contributed by atoms with Crippen LogP contribution in [0.3, 0.4) is 0 Å². The molecule has 4 heteroatoms. The molecule has 2 aliphatic rings. The zero-order chi connectivity index (χ0) is 9.97. The smallest absolute Gasteiger partial charge is 0.239 e. The van der Waals surface area contributed by atoms with E-state index in [-0.39, 0.29) is 11.9 Å². The van der Waals surface area contributed by atoms with Crippen molar-refractivity contribution in [2.24, 2.45) is 5.92 Å². The Kier molecular flexibility index (Phi) is 3.03. The van der Waals surface area contributed by atoms with Gasteiger partial charge in [0.05, 0.1) is 13.2 Å². The van der Waals surface area contributed by atoms with Gasteiger partial charge in [0.15, 0.2) is 0 Å². The molecule has 4 nitrogen and oxygen atoms in total. The summed E-state index contributed by atoms with van der Waals surface area (Å²) >= 11 is 0. The van der Waals surface area contributed by atoms with E-state index in [1.807, 2.05) is 0 Å². The van der Waals surface area contributed by atoms with E-state index in [0.717, 1.165) is 13.0 Å². The highest BCUT2D eigenvalue weighted by Crippen LogP contribution is 2.33. The van der Waals surface area contributed by atoms with E-state index in [1.54, 1.807) is 0 Å². The van der Waals surface area contributed by atoms with Crippen molar-refractivity contribution < 1.29 is 9.53 Å². The number of carbonyl (C=O) groups is 1. The van der Waals surface area contributed by atoms with E-state index in [1.165, 1.54) is 6.42 Å². The maximum absolute atomic E-state index is 11.7. The van der Waals surface area contributed by atoms with Gasteiger partial charge in [-0.25, -0.2) is 0 Å². The van der Waals surface area contributed by atoms with Crippen molar-refractivity contribution in [3.63, 3.8) is 0 Å². The van der Waals surface area contributed by atoms with E-state index in [9.17, 15) is 4.79 Å². The molecule has 2 fully saturated rings. The Morgan fingerprint density at radius 3 is 3.07 bits per heavy atom. The SMILES string of the molecule is CCC1CC1NC(=O)[C@H]1COCCN1. The summed E-state index contributed by atoms with van der Waals surface area (Å²) in [4.78, 5) is 11.7. The molecule has 2 N–H and O–H groups in total. The lowest BCUT2D eigenvalue weighted by Gasteiger charge is -2.22. The van der Waals surface area contributed by atoms with Gasteiger partial charge in [0.2, 0.25) is 5.91 Å². The van der Waals surface area contributed by atoms with E-state index >= 15 is 0 Å². The van der Waals surface area contributed by atoms with E-state index in [2.05, 4.69) is 17.6 Å². The van der Waals surface area contributed by atoms with Gasteiger partial charge in [-0.05, 0) is 12.3 Å². The highest BCUT2D eigenvalue weighted by Gasteiger charge is 2.37. The van der Waals surface area contributed by atoms with Gasteiger partial charge in [-0.2, -0.15) is 0 Å². The summed E-state index contributed by atoms with van der Waals surface area (Å²) in [6.07, 6.45) is 2.31. The fourth-order valence-electron chi connectivity index (χ4n) is 1.89. The summed E-state index contributed by atoms with van der Waals surface area (Å²) in [6, 6.07) is 0.290. The first-order valence-electron chi connectivity index (χ1n) is 5.42. The molecule has 2 rings (SSSR count). The van der Waals surface area contributed by atoms with Crippen LogP contribution in [0.15, 0.2) is 0 Å². The van der Waals surface area contributed by atoms with Crippen molar-refractivity contribution in [1.29, 1.82) is 0 Å². The first-order chi connectivity index (χ1) is 6.81. The van der Waals surface area contributed by atoms with Gasteiger partial charge in [-0.3, -0.25) is 4.79 Å². The van der Waals surface area contributed by atoms with Crippen LogP contribution in [0.1, 0.15) is 19.8 Å². The highest BCUT2D eigenvalue weighted by atomic mass is 16.5. The van der Waals surface area contributed by atoms with Crippen LogP contribution in [0, 0.1) is 5.92 Å². The molecule has 14 heavy (non-hydrogen) atoms. The number of ether oxygens (including phenoxy) is 1. The topological polar surface area (TPSA) is 50.4 Å². The number of carbonyl (C=O) groups excluding carboxylic acids is 1. The number of amides is 1. The Hall–Kier alpha value is -0.610. The second kappa shape index (κ2) is 4.28. The summed E-state index contributed by atoms with van der Waals surface area (Å²) < 4.78 is 5.24. The molecule has 1 heterocycles. The Morgan fingerprint density at radius 1 is 1.64 bits per heavy atom. The summed E-state index contributed by atoms with van der Waals surface area (Å²) in [6.45, 7) is 4.17. The van der Waals surface area contributed by atoms with Crippen LogP contribution in [-0.2, 0) is 9.53 Å². The number of nitrogens with one attached hydrogen (secondary N) is 2. The first kappa shape index (κ1) is 9.93. The summed E-state index contributed by atoms with van der Waals surface area (Å²) in [5.41, 5.74) is 0. The van der Waals surface area contributed by atoms with Crippen molar-refractivity contribution in [2.75, 3.05) is 19.8 Å². The molecule has 0 radical (unpaired) electrons. The van der Waals surface area contributed by atoms with Crippen LogP contribution >= 0.6 is 0 Å². The monoisotopic (exact) mass is 198 g/mol. The van der Waals surface area contributed by atoms with E-state index in [0.29, 0.717) is 25.2 Å². The summed E-state index contributed by atoms with van der Waals surface area (Å²) in [5.74, 6) is 0.814. The molecule has 80 valence electrons. The van der Waals surface area contributed by atoms with Gasteiger partial charge in [-0.1, -0.05) is 13.3 Å². The normalized spacial score (nSPS) is 36.5. The molecular weight excluding hydrogens is 180 g/mol. The molecule has 0 bridgehead atoms. The molecule has 2 unspecified atom stereocenters. The molecule has 0 aromatic rings. The number of morpholine rings is 1. The zero-order valence-electron chi connectivity index (χ0n) is 8.58. The molecular formula is C10H18N2O2. The van der Waals surface area contributed by atoms with Crippen molar-refractivity contribution in [2.45, 2.75) is 31.8 Å². The van der Waals surface area contributed by atoms with Crippen LogP contribution in [-0.4, -0.2) is 37.7 Å². The van der Waals surface area contributed by atoms with E-state index in [4.69, 9.17) is 4.74 Å². The molecule has 1 saturated heterocycles. The molecule has 0 aromatic carbocycles. The molecule has 1 aliphatic heterocycles. The number of hydrogen-bond acceptors (Lipinski definition) is 3. The Labute approximate surface area is 84.4 Å². The molecule has 1 aliphatic carbocycles. The minimum atomic E-state index is -0.137. The third-order valence-electron chi connectivity index (χ3n) is 3.01. The van der Waals surface area contributed by atoms with Crippen molar-refractivity contribution in [3.8, 4) is 0 Å². The molecule has 1 amide bonds. The maximum atomic E-state index is 11.7. The maximum Gasteiger partial charge on any atom is 0.239 e. The van der Waals surface area contributed by atoms with Gasteiger partial charge in [0.25, 0.3) is 0 Å². The predicted molar refractivity (Wildman–Crippen MR) is 52.9 cm³/mol. The number of hydrogen-bond donors (Lipinski definition) is 2. The summed E-state index contributed by atoms with van der Waals surface area (Å²) in [5, 5.41) is 6.19. The third-order valence-corrected chi connectivity index (χ3v) is 3.01. The van der Waals surface area contributed by atoms with Crippen molar-refractivity contribution >= 4 is 5.91 Å². The third kappa shape index (κ3) is 2.25. The second-order valence-electron chi connectivity index (χ2n) is 4.10. The fourth-order valence-corrected chi connectivity index (χ4v) is 1.89. The van der Waals surface area contributed by atoms with Crippen LogP contribution in [0.5, 0.6) is 0 Å². The zero-order valence-corrected chi connectivity index (χ0v) is 8.58. The average molecular weight is 198 g/mol. The van der Waals surface area contributed by atoms with Gasteiger partial charge in [0, 0.05) is 12.6 Å². The summed E-state index contributed by atoms with van der Waals surface area (Å²) in [7, 11) is 0.